The summed E-state index contributed by atoms with van der Waals surface area (Å²) in [4.78, 5) is 0. The Morgan fingerprint density at radius 1 is 0.769 bits per heavy atom. The van der Waals surface area contributed by atoms with Gasteiger partial charge in [-0.05, 0) is 23.1 Å². The molecule has 0 spiro atoms. The van der Waals surface area contributed by atoms with Crippen LogP contribution in [0, 0.1) is 5.21 Å². The lowest BCUT2D eigenvalue weighted by molar-refractivity contribution is -0.420. The SMILES string of the molecule is C/[N+]([O-])=C\C(C/C=C/c1ccccc1)(c1ccccc1)c1ccccc1. The van der Waals surface area contributed by atoms with Gasteiger partial charge in [0.25, 0.3) is 0 Å². The standard InChI is InChI=1S/C24H23NO/c1-25(26)20-24(22-15-7-3-8-16-22,23-17-9-4-10-18-23)19-11-14-21-12-5-2-6-13-21/h2-18,20H,19H2,1H3/b14-11+,25-20+. The lowest BCUT2D eigenvalue weighted by atomic mass is 9.72. The highest BCUT2D eigenvalue weighted by atomic mass is 16.5. The number of hydrogen-bond acceptors (Lipinski definition) is 1. The number of rotatable bonds is 6. The minimum absolute atomic E-state index is 0.510. The van der Waals surface area contributed by atoms with Crippen molar-refractivity contribution in [3.05, 3.63) is 119 Å². The Kier molecular flexibility index (Phi) is 5.65. The number of nitrogens with zero attached hydrogens (tertiary/aromatic N) is 1. The van der Waals surface area contributed by atoms with Gasteiger partial charge in [0, 0.05) is 0 Å². The molecular formula is C24H23NO. The van der Waals surface area contributed by atoms with Crippen molar-refractivity contribution >= 4 is 12.3 Å². The molecule has 0 saturated carbocycles. The zero-order valence-corrected chi connectivity index (χ0v) is 15.0. The molecule has 0 saturated heterocycles. The molecule has 0 amide bonds. The second kappa shape index (κ2) is 8.30. The van der Waals surface area contributed by atoms with Gasteiger partial charge >= 0.3 is 0 Å². The fourth-order valence-corrected chi connectivity index (χ4v) is 3.33. The minimum atomic E-state index is -0.510. The quantitative estimate of drug-likeness (QED) is 0.259. The first kappa shape index (κ1) is 17.7. The average molecular weight is 341 g/mol. The Bertz CT molecular complexity index is 824. The van der Waals surface area contributed by atoms with Crippen molar-refractivity contribution in [3.8, 4) is 0 Å². The predicted octanol–water partition coefficient (Wildman–Crippen LogP) is 5.29. The summed E-state index contributed by atoms with van der Waals surface area (Å²) in [6, 6.07) is 30.6. The molecule has 3 aromatic rings. The Morgan fingerprint density at radius 2 is 1.23 bits per heavy atom. The van der Waals surface area contributed by atoms with Crippen molar-refractivity contribution in [2.45, 2.75) is 11.8 Å². The van der Waals surface area contributed by atoms with Gasteiger partial charge in [-0.3, -0.25) is 0 Å². The molecule has 0 aliphatic heterocycles. The van der Waals surface area contributed by atoms with Crippen LogP contribution in [0.4, 0.5) is 0 Å². The molecule has 0 aliphatic carbocycles. The van der Waals surface area contributed by atoms with Crippen LogP contribution in [0.15, 0.2) is 97.1 Å². The van der Waals surface area contributed by atoms with Crippen molar-refractivity contribution in [2.75, 3.05) is 7.05 Å². The van der Waals surface area contributed by atoms with E-state index in [9.17, 15) is 5.21 Å². The highest BCUT2D eigenvalue weighted by molar-refractivity contribution is 5.76. The molecule has 130 valence electrons. The Morgan fingerprint density at radius 3 is 1.69 bits per heavy atom. The van der Waals surface area contributed by atoms with Crippen LogP contribution in [0.3, 0.4) is 0 Å². The third-order valence-corrected chi connectivity index (χ3v) is 4.53. The molecule has 0 aromatic heterocycles. The van der Waals surface area contributed by atoms with Gasteiger partial charge < -0.3 is 5.21 Å². The highest BCUT2D eigenvalue weighted by Crippen LogP contribution is 2.34. The zero-order valence-electron chi connectivity index (χ0n) is 15.0. The molecular weight excluding hydrogens is 318 g/mol. The molecule has 0 unspecified atom stereocenters. The maximum atomic E-state index is 12.1. The topological polar surface area (TPSA) is 26.1 Å². The second-order valence-corrected chi connectivity index (χ2v) is 6.40. The van der Waals surface area contributed by atoms with Crippen molar-refractivity contribution in [1.82, 2.24) is 0 Å². The van der Waals surface area contributed by atoms with Gasteiger partial charge in [0.1, 0.15) is 12.5 Å². The summed E-state index contributed by atoms with van der Waals surface area (Å²) >= 11 is 0. The summed E-state index contributed by atoms with van der Waals surface area (Å²) in [5.41, 5.74) is 2.85. The molecule has 26 heavy (non-hydrogen) atoms. The molecule has 2 nitrogen and oxygen atoms in total. The van der Waals surface area contributed by atoms with Crippen LogP contribution in [0.5, 0.6) is 0 Å². The molecule has 0 bridgehead atoms. The predicted molar refractivity (Wildman–Crippen MR) is 109 cm³/mol. The van der Waals surface area contributed by atoms with Gasteiger partial charge in [-0.15, -0.1) is 0 Å². The summed E-state index contributed by atoms with van der Waals surface area (Å²) in [6.45, 7) is 0. The van der Waals surface area contributed by atoms with Gasteiger partial charge in [0.15, 0.2) is 6.21 Å². The van der Waals surface area contributed by atoms with Crippen LogP contribution in [-0.4, -0.2) is 18.0 Å². The van der Waals surface area contributed by atoms with E-state index in [0.29, 0.717) is 6.42 Å². The van der Waals surface area contributed by atoms with Crippen LogP contribution in [0.1, 0.15) is 23.1 Å². The third-order valence-electron chi connectivity index (χ3n) is 4.53. The zero-order chi connectivity index (χ0) is 18.2. The van der Waals surface area contributed by atoms with E-state index in [1.165, 1.54) is 0 Å². The van der Waals surface area contributed by atoms with E-state index >= 15 is 0 Å². The fraction of sp³-hybridized carbons (Fsp3) is 0.125. The summed E-state index contributed by atoms with van der Waals surface area (Å²) in [7, 11) is 1.54. The summed E-state index contributed by atoms with van der Waals surface area (Å²) in [5.74, 6) is 0. The van der Waals surface area contributed by atoms with E-state index in [1.807, 2.05) is 54.6 Å². The van der Waals surface area contributed by atoms with Crippen molar-refractivity contribution in [2.24, 2.45) is 0 Å². The molecule has 0 radical (unpaired) electrons. The number of hydroxylamine groups is 1. The number of hydrogen-bond donors (Lipinski definition) is 0. The lowest BCUT2D eigenvalue weighted by Gasteiger charge is -2.29. The molecule has 3 rings (SSSR count). The Labute approximate surface area is 155 Å². The maximum absolute atomic E-state index is 12.1. The van der Waals surface area contributed by atoms with Gasteiger partial charge in [0.2, 0.25) is 0 Å². The van der Waals surface area contributed by atoms with E-state index in [-0.39, 0.29) is 0 Å². The second-order valence-electron chi connectivity index (χ2n) is 6.40. The first-order chi connectivity index (χ1) is 12.7. The van der Waals surface area contributed by atoms with Crippen molar-refractivity contribution in [1.29, 1.82) is 0 Å². The van der Waals surface area contributed by atoms with Crippen LogP contribution < -0.4 is 0 Å². The molecule has 0 aliphatic rings. The minimum Gasteiger partial charge on any atom is -0.624 e. The molecule has 0 atom stereocenters. The van der Waals surface area contributed by atoms with E-state index < -0.39 is 5.41 Å². The van der Waals surface area contributed by atoms with Gasteiger partial charge in [0.05, 0.1) is 0 Å². The van der Waals surface area contributed by atoms with E-state index in [0.717, 1.165) is 21.4 Å². The van der Waals surface area contributed by atoms with Crippen molar-refractivity contribution < 1.29 is 4.74 Å². The Hall–Kier alpha value is -3.13. The first-order valence-electron chi connectivity index (χ1n) is 8.79. The monoisotopic (exact) mass is 341 g/mol. The lowest BCUT2D eigenvalue weighted by Crippen LogP contribution is -2.32. The fourth-order valence-electron chi connectivity index (χ4n) is 3.33. The molecule has 0 fully saturated rings. The van der Waals surface area contributed by atoms with E-state index in [4.69, 9.17) is 0 Å². The van der Waals surface area contributed by atoms with Gasteiger partial charge in [-0.1, -0.05) is 103 Å². The van der Waals surface area contributed by atoms with Crippen LogP contribution in [0.2, 0.25) is 0 Å². The summed E-state index contributed by atoms with van der Waals surface area (Å²) < 4.78 is 0.913. The summed E-state index contributed by atoms with van der Waals surface area (Å²) in [5, 5.41) is 12.1. The first-order valence-corrected chi connectivity index (χ1v) is 8.79. The molecule has 0 heterocycles. The largest absolute Gasteiger partial charge is 0.624 e. The van der Waals surface area contributed by atoms with E-state index in [2.05, 4.69) is 48.6 Å². The number of benzene rings is 3. The van der Waals surface area contributed by atoms with Crippen LogP contribution in [-0.2, 0) is 5.41 Å². The van der Waals surface area contributed by atoms with Gasteiger partial charge in [-0.25, -0.2) is 4.74 Å². The molecule has 0 N–H and O–H groups in total. The van der Waals surface area contributed by atoms with Crippen molar-refractivity contribution in [3.63, 3.8) is 0 Å². The summed E-state index contributed by atoms with van der Waals surface area (Å²) in [6.07, 6.45) is 6.73. The van der Waals surface area contributed by atoms with E-state index in [1.54, 1.807) is 13.3 Å². The highest BCUT2D eigenvalue weighted by Gasteiger charge is 2.34. The molecule has 2 heteroatoms. The average Bonchev–Trinajstić information content (AvgIpc) is 2.69. The smallest absolute Gasteiger partial charge is 0.166 e. The normalized spacial score (nSPS) is 12.4. The molecule has 3 aromatic carbocycles. The third kappa shape index (κ3) is 4.09. The number of allylic oxidation sites excluding steroid dienone is 1. The Balaban J connectivity index is 2.08. The van der Waals surface area contributed by atoms with Gasteiger partial charge in [-0.2, -0.15) is 0 Å². The van der Waals surface area contributed by atoms with Crippen LogP contribution in [0.25, 0.3) is 6.08 Å². The maximum Gasteiger partial charge on any atom is 0.166 e. The van der Waals surface area contributed by atoms with Crippen LogP contribution >= 0.6 is 0 Å².